The van der Waals surface area contributed by atoms with Crippen LogP contribution in [0.2, 0.25) is 0 Å². The smallest absolute Gasteiger partial charge is 0.266 e. The third kappa shape index (κ3) is 9.95. The third-order valence-electron chi connectivity index (χ3n) is 22.5. The number of aliphatic hydroxyl groups is 3. The standard InChI is InChI=1S/C52H88N2O11S2/c1-31(7-13-45(58)53-23-25-66(60,61)62)37-9-11-39-47-41(17-21-51(37,39)5)49(3)19-15-35(55)27-33(49)29-43(47)54(24-26-67(63,64)65)46(59)14-8-32(2)38-10-12-40-48-42(18-22-52(38,40)6)50(4)20-16-36(56)28-34(50)30-44(48)57/h31-44,47-48,55-57H,7-30H2,1-6H3,(H,53,58)(H,60,61,62)(H,63,64,65)/t31-,32+,33?,34?,35-,36-,37-,38-,39?,40?,41+,42+,43+,44+,47+,48+,49+,50+,51-,52-/m1/s1. The summed E-state index contributed by atoms with van der Waals surface area (Å²) in [6.45, 7) is 14.0. The Morgan fingerprint density at radius 3 is 1.60 bits per heavy atom. The normalized spacial score (nSPS) is 45.8. The maximum atomic E-state index is 15.1. The van der Waals surface area contributed by atoms with Crippen molar-refractivity contribution in [1.29, 1.82) is 0 Å². The van der Waals surface area contributed by atoms with Crippen molar-refractivity contribution in [2.24, 2.45) is 92.7 Å². The number of nitrogens with zero attached hydrogens (tertiary/aromatic N) is 1. The second kappa shape index (κ2) is 19.2. The number of nitrogens with one attached hydrogen (secondary N) is 1. The second-order valence-corrected chi connectivity index (χ2v) is 28.6. The number of hydrogen-bond acceptors (Lipinski definition) is 9. The van der Waals surface area contributed by atoms with Gasteiger partial charge < -0.3 is 25.5 Å². The molecular formula is C52H88N2O11S2. The second-order valence-electron chi connectivity index (χ2n) is 25.4. The summed E-state index contributed by atoms with van der Waals surface area (Å²) < 4.78 is 66.8. The van der Waals surface area contributed by atoms with Crippen LogP contribution in [-0.4, -0.2) is 107 Å². The molecule has 4 unspecified atom stereocenters. The van der Waals surface area contributed by atoms with Crippen LogP contribution >= 0.6 is 0 Å². The first-order chi connectivity index (χ1) is 31.3. The van der Waals surface area contributed by atoms with Crippen LogP contribution in [0, 0.1) is 92.7 Å². The number of carbonyl (C=O) groups is 2. The summed E-state index contributed by atoms with van der Waals surface area (Å²) in [4.78, 5) is 29.8. The molecule has 13 nitrogen and oxygen atoms in total. The van der Waals surface area contributed by atoms with E-state index in [1.54, 1.807) is 0 Å². The lowest BCUT2D eigenvalue weighted by Gasteiger charge is -2.64. The summed E-state index contributed by atoms with van der Waals surface area (Å²) in [6, 6.07) is -0.229. The van der Waals surface area contributed by atoms with Gasteiger partial charge in [0.15, 0.2) is 0 Å². The highest BCUT2D eigenvalue weighted by Crippen LogP contribution is 2.70. The predicted octanol–water partition coefficient (Wildman–Crippen LogP) is 7.53. The molecule has 67 heavy (non-hydrogen) atoms. The molecule has 0 aromatic rings. The van der Waals surface area contributed by atoms with Gasteiger partial charge in [-0.15, -0.1) is 0 Å². The molecule has 20 atom stereocenters. The molecule has 8 fully saturated rings. The molecule has 8 saturated carbocycles. The van der Waals surface area contributed by atoms with Gasteiger partial charge >= 0.3 is 0 Å². The van der Waals surface area contributed by atoms with Gasteiger partial charge in [0.25, 0.3) is 20.2 Å². The van der Waals surface area contributed by atoms with Crippen molar-refractivity contribution in [3.8, 4) is 0 Å². The van der Waals surface area contributed by atoms with Crippen molar-refractivity contribution in [3.63, 3.8) is 0 Å². The topological polar surface area (TPSA) is 219 Å². The number of hydrogen-bond donors (Lipinski definition) is 6. The fourth-order valence-electron chi connectivity index (χ4n) is 19.0. The van der Waals surface area contributed by atoms with E-state index in [9.17, 15) is 41.5 Å². The minimum atomic E-state index is -4.38. The van der Waals surface area contributed by atoms with Crippen molar-refractivity contribution in [2.75, 3.05) is 24.6 Å². The molecule has 0 aromatic heterocycles. The highest BCUT2D eigenvalue weighted by atomic mass is 32.2. The van der Waals surface area contributed by atoms with Crippen molar-refractivity contribution in [1.82, 2.24) is 10.2 Å². The Morgan fingerprint density at radius 1 is 0.597 bits per heavy atom. The number of fused-ring (bicyclic) bond motifs is 10. The van der Waals surface area contributed by atoms with E-state index in [0.29, 0.717) is 67.6 Å². The lowest BCUT2D eigenvalue weighted by atomic mass is 9.43. The van der Waals surface area contributed by atoms with Gasteiger partial charge in [0.05, 0.1) is 29.8 Å². The molecule has 15 heteroatoms. The average Bonchev–Trinajstić information content (AvgIpc) is 3.79. The zero-order valence-corrected chi connectivity index (χ0v) is 43.3. The van der Waals surface area contributed by atoms with Crippen LogP contribution in [0.5, 0.6) is 0 Å². The zero-order valence-electron chi connectivity index (χ0n) is 41.7. The number of carbonyl (C=O) groups excluding carboxylic acids is 2. The van der Waals surface area contributed by atoms with Gasteiger partial charge in [-0.05, 0) is 208 Å². The largest absolute Gasteiger partial charge is 0.393 e. The highest BCUT2D eigenvalue weighted by Gasteiger charge is 2.65. The summed E-state index contributed by atoms with van der Waals surface area (Å²) in [7, 11) is -8.55. The van der Waals surface area contributed by atoms with E-state index in [1.165, 1.54) is 0 Å². The molecule has 0 bridgehead atoms. The first-order valence-corrected chi connectivity index (χ1v) is 30.0. The van der Waals surface area contributed by atoms with Crippen molar-refractivity contribution >= 4 is 32.1 Å². The van der Waals surface area contributed by atoms with Gasteiger partial charge in [-0.25, -0.2) is 0 Å². The van der Waals surface area contributed by atoms with Crippen LogP contribution in [0.3, 0.4) is 0 Å². The molecule has 6 N–H and O–H groups in total. The summed E-state index contributed by atoms with van der Waals surface area (Å²) in [5, 5.41) is 36.1. The lowest BCUT2D eigenvalue weighted by molar-refractivity contribution is -0.174. The minimum Gasteiger partial charge on any atom is -0.393 e. The fraction of sp³-hybridized carbons (Fsp3) is 0.962. The quantitative estimate of drug-likeness (QED) is 0.0882. The molecule has 0 heterocycles. The van der Waals surface area contributed by atoms with Gasteiger partial charge in [0.1, 0.15) is 0 Å². The molecule has 0 aromatic carbocycles. The summed E-state index contributed by atoms with van der Waals surface area (Å²) in [6.07, 6.45) is 15.7. The monoisotopic (exact) mass is 981 g/mol. The molecular weight excluding hydrogens is 893 g/mol. The Morgan fingerprint density at radius 2 is 1.06 bits per heavy atom. The number of aliphatic hydroxyl groups excluding tert-OH is 3. The zero-order chi connectivity index (χ0) is 48.6. The van der Waals surface area contributed by atoms with Crippen molar-refractivity contribution in [3.05, 3.63) is 0 Å². The van der Waals surface area contributed by atoms with Gasteiger partial charge in [-0.2, -0.15) is 16.8 Å². The SMILES string of the molecule is C[C@H](CCC(=O)NCCS(=O)(=O)O)[C@H]1CCC2[C@@H]3[C@@H](N(CCS(=O)(=O)O)C(=O)CC[C@H](C)[C@H]4CCC5[C@@H]6[C@@H](O)CC7C[C@H](O)CC[C@]7(C)[C@H]6CC[C@@]54C)CC4C[C@H](O)CC[C@]4(C)[C@H]3CC[C@@]21C. The maximum absolute atomic E-state index is 15.1. The highest BCUT2D eigenvalue weighted by molar-refractivity contribution is 7.86. The Labute approximate surface area is 403 Å². The fourth-order valence-corrected chi connectivity index (χ4v) is 19.8. The summed E-state index contributed by atoms with van der Waals surface area (Å²) in [5.74, 6) is 2.25. The van der Waals surface area contributed by atoms with Crippen LogP contribution in [0.4, 0.5) is 0 Å². The van der Waals surface area contributed by atoms with E-state index >= 15 is 4.79 Å². The molecule has 384 valence electrons. The van der Waals surface area contributed by atoms with Crippen LogP contribution < -0.4 is 5.32 Å². The van der Waals surface area contributed by atoms with E-state index < -0.39 is 37.8 Å². The van der Waals surface area contributed by atoms with Crippen LogP contribution in [0.1, 0.15) is 170 Å². The molecule has 8 rings (SSSR count). The Kier molecular flexibility index (Phi) is 14.9. The van der Waals surface area contributed by atoms with E-state index in [0.717, 1.165) is 89.9 Å². The molecule has 8 aliphatic rings. The first kappa shape index (κ1) is 52.0. The lowest BCUT2D eigenvalue weighted by Crippen LogP contribution is -2.63. The van der Waals surface area contributed by atoms with Crippen LogP contribution in [-0.2, 0) is 29.8 Å². The van der Waals surface area contributed by atoms with E-state index in [-0.39, 0.29) is 107 Å². The molecule has 8 aliphatic carbocycles. The Balaban J connectivity index is 1.00. The molecule has 0 spiro atoms. The molecule has 0 saturated heterocycles. The molecule has 0 radical (unpaired) electrons. The van der Waals surface area contributed by atoms with E-state index in [1.807, 2.05) is 4.90 Å². The molecule has 0 aliphatic heterocycles. The van der Waals surface area contributed by atoms with E-state index in [4.69, 9.17) is 4.55 Å². The minimum absolute atomic E-state index is 0.0200. The third-order valence-corrected chi connectivity index (χ3v) is 23.9. The molecule has 2 amide bonds. The van der Waals surface area contributed by atoms with Crippen LogP contribution in [0.15, 0.2) is 0 Å². The number of rotatable bonds is 15. The van der Waals surface area contributed by atoms with Gasteiger partial charge in [0, 0.05) is 32.0 Å². The number of amides is 2. The predicted molar refractivity (Wildman–Crippen MR) is 257 cm³/mol. The Hall–Kier alpha value is -1.36. The van der Waals surface area contributed by atoms with E-state index in [2.05, 4.69) is 46.9 Å². The van der Waals surface area contributed by atoms with Crippen molar-refractivity contribution < 1.29 is 50.8 Å². The average molecular weight is 981 g/mol. The summed E-state index contributed by atoms with van der Waals surface area (Å²) >= 11 is 0. The van der Waals surface area contributed by atoms with Gasteiger partial charge in [-0.1, -0.05) is 41.5 Å². The maximum Gasteiger partial charge on any atom is 0.266 e. The summed E-state index contributed by atoms with van der Waals surface area (Å²) in [5.41, 5.74) is 0.124. The van der Waals surface area contributed by atoms with Crippen molar-refractivity contribution in [2.45, 2.75) is 194 Å². The van der Waals surface area contributed by atoms with Gasteiger partial charge in [0.2, 0.25) is 11.8 Å². The van der Waals surface area contributed by atoms with Crippen LogP contribution in [0.25, 0.3) is 0 Å². The first-order valence-electron chi connectivity index (χ1n) is 26.8. The van der Waals surface area contributed by atoms with Gasteiger partial charge in [-0.3, -0.25) is 18.7 Å². The Bertz CT molecular complexity index is 2040.